The number of rotatable bonds is 5. The van der Waals surface area contributed by atoms with Gasteiger partial charge in [0.2, 0.25) is 0 Å². The SMILES string of the molecule is CCCC(C)COc1ccc2c(c1)OC(C)(C)CC2=O. The van der Waals surface area contributed by atoms with Crippen molar-refractivity contribution in [3.63, 3.8) is 0 Å². The molecule has 1 aromatic rings. The molecule has 0 spiro atoms. The highest BCUT2D eigenvalue weighted by molar-refractivity contribution is 6.00. The minimum atomic E-state index is -0.432. The second-order valence-corrected chi connectivity index (χ2v) is 6.32. The van der Waals surface area contributed by atoms with Gasteiger partial charge in [0.15, 0.2) is 5.78 Å². The van der Waals surface area contributed by atoms with Crippen LogP contribution in [-0.2, 0) is 0 Å². The molecule has 1 aliphatic rings. The van der Waals surface area contributed by atoms with E-state index in [1.54, 1.807) is 0 Å². The number of fused-ring (bicyclic) bond motifs is 1. The fraction of sp³-hybridized carbons (Fsp3) is 0.588. The van der Waals surface area contributed by atoms with Crippen molar-refractivity contribution in [1.29, 1.82) is 0 Å². The van der Waals surface area contributed by atoms with E-state index in [0.29, 0.717) is 30.3 Å². The largest absolute Gasteiger partial charge is 0.493 e. The van der Waals surface area contributed by atoms with Crippen molar-refractivity contribution < 1.29 is 14.3 Å². The minimum Gasteiger partial charge on any atom is -0.493 e. The summed E-state index contributed by atoms with van der Waals surface area (Å²) in [5.74, 6) is 2.10. The smallest absolute Gasteiger partial charge is 0.170 e. The van der Waals surface area contributed by atoms with Crippen LogP contribution >= 0.6 is 0 Å². The Balaban J connectivity index is 2.09. The van der Waals surface area contributed by atoms with Gasteiger partial charge in [-0.1, -0.05) is 20.3 Å². The van der Waals surface area contributed by atoms with Gasteiger partial charge in [0.25, 0.3) is 0 Å². The molecule has 110 valence electrons. The topological polar surface area (TPSA) is 35.5 Å². The molecule has 1 aromatic carbocycles. The molecule has 0 fully saturated rings. The molecule has 0 bridgehead atoms. The Morgan fingerprint density at radius 2 is 2.15 bits per heavy atom. The Morgan fingerprint density at radius 1 is 1.40 bits per heavy atom. The lowest BCUT2D eigenvalue weighted by Crippen LogP contribution is -2.35. The molecule has 3 nitrogen and oxygen atoms in total. The molecule has 0 N–H and O–H groups in total. The number of Topliss-reactive ketones (excluding diaryl/α,β-unsaturated/α-hetero) is 1. The molecule has 1 aliphatic heterocycles. The molecule has 0 amide bonds. The van der Waals surface area contributed by atoms with Gasteiger partial charge in [0.1, 0.15) is 17.1 Å². The first-order chi connectivity index (χ1) is 9.41. The van der Waals surface area contributed by atoms with Gasteiger partial charge >= 0.3 is 0 Å². The van der Waals surface area contributed by atoms with Crippen molar-refractivity contribution in [2.24, 2.45) is 5.92 Å². The zero-order valence-electron chi connectivity index (χ0n) is 12.9. The number of hydrogen-bond acceptors (Lipinski definition) is 3. The van der Waals surface area contributed by atoms with Crippen molar-refractivity contribution in [1.82, 2.24) is 0 Å². The van der Waals surface area contributed by atoms with E-state index >= 15 is 0 Å². The van der Waals surface area contributed by atoms with Gasteiger partial charge in [-0.3, -0.25) is 4.79 Å². The molecule has 3 heteroatoms. The summed E-state index contributed by atoms with van der Waals surface area (Å²) in [5.41, 5.74) is 0.233. The van der Waals surface area contributed by atoms with Crippen LogP contribution in [0.25, 0.3) is 0 Å². The summed E-state index contributed by atoms with van der Waals surface area (Å²) in [6.45, 7) is 8.93. The molecule has 0 saturated carbocycles. The van der Waals surface area contributed by atoms with Crippen molar-refractivity contribution in [3.8, 4) is 11.5 Å². The first-order valence-corrected chi connectivity index (χ1v) is 7.40. The molecule has 0 aromatic heterocycles. The van der Waals surface area contributed by atoms with Crippen LogP contribution in [0.2, 0.25) is 0 Å². The molecular formula is C17H24O3. The monoisotopic (exact) mass is 276 g/mol. The summed E-state index contributed by atoms with van der Waals surface area (Å²) in [4.78, 5) is 12.0. The first-order valence-electron chi connectivity index (χ1n) is 7.40. The van der Waals surface area contributed by atoms with Crippen molar-refractivity contribution >= 4 is 5.78 Å². The zero-order chi connectivity index (χ0) is 14.8. The van der Waals surface area contributed by atoms with E-state index < -0.39 is 5.60 Å². The Hall–Kier alpha value is -1.51. The normalized spacial score (nSPS) is 18.1. The van der Waals surface area contributed by atoms with E-state index in [2.05, 4.69) is 13.8 Å². The lowest BCUT2D eigenvalue weighted by atomic mass is 9.93. The summed E-state index contributed by atoms with van der Waals surface area (Å²) >= 11 is 0. The van der Waals surface area contributed by atoms with E-state index in [1.165, 1.54) is 6.42 Å². The fourth-order valence-electron chi connectivity index (χ4n) is 2.54. The molecule has 2 rings (SSSR count). The van der Waals surface area contributed by atoms with Crippen LogP contribution < -0.4 is 9.47 Å². The van der Waals surface area contributed by atoms with Gasteiger partial charge in [-0.25, -0.2) is 0 Å². The number of ether oxygens (including phenoxy) is 2. The lowest BCUT2D eigenvalue weighted by molar-refractivity contribution is 0.0618. The highest BCUT2D eigenvalue weighted by Gasteiger charge is 2.32. The lowest BCUT2D eigenvalue weighted by Gasteiger charge is -2.31. The van der Waals surface area contributed by atoms with Crippen LogP contribution in [0, 0.1) is 5.92 Å². The van der Waals surface area contributed by atoms with Gasteiger partial charge < -0.3 is 9.47 Å². The zero-order valence-corrected chi connectivity index (χ0v) is 12.9. The predicted octanol–water partition coefficient (Wildman–Crippen LogP) is 4.25. The van der Waals surface area contributed by atoms with Crippen LogP contribution in [0.4, 0.5) is 0 Å². The van der Waals surface area contributed by atoms with Crippen LogP contribution in [0.1, 0.15) is 57.3 Å². The van der Waals surface area contributed by atoms with E-state index in [4.69, 9.17) is 9.47 Å². The second kappa shape index (κ2) is 5.86. The van der Waals surface area contributed by atoms with Crippen molar-refractivity contribution in [2.75, 3.05) is 6.61 Å². The molecule has 0 radical (unpaired) electrons. The number of hydrogen-bond donors (Lipinski definition) is 0. The van der Waals surface area contributed by atoms with Gasteiger partial charge in [0, 0.05) is 6.07 Å². The summed E-state index contributed by atoms with van der Waals surface area (Å²) in [6.07, 6.45) is 2.75. The molecule has 0 aliphatic carbocycles. The maximum absolute atomic E-state index is 12.0. The van der Waals surface area contributed by atoms with E-state index in [-0.39, 0.29) is 5.78 Å². The highest BCUT2D eigenvalue weighted by Crippen LogP contribution is 2.35. The van der Waals surface area contributed by atoms with E-state index in [9.17, 15) is 4.79 Å². The maximum Gasteiger partial charge on any atom is 0.170 e. The third-order valence-corrected chi connectivity index (χ3v) is 3.54. The third kappa shape index (κ3) is 3.53. The second-order valence-electron chi connectivity index (χ2n) is 6.32. The Labute approximate surface area is 121 Å². The van der Waals surface area contributed by atoms with Crippen LogP contribution in [0.15, 0.2) is 18.2 Å². The molecule has 0 saturated heterocycles. The maximum atomic E-state index is 12.0. The molecule has 1 atom stereocenters. The summed E-state index contributed by atoms with van der Waals surface area (Å²) < 4.78 is 11.7. The van der Waals surface area contributed by atoms with E-state index in [1.807, 2.05) is 32.0 Å². The van der Waals surface area contributed by atoms with E-state index in [0.717, 1.165) is 12.2 Å². The Morgan fingerprint density at radius 3 is 2.85 bits per heavy atom. The Bertz CT molecular complexity index is 491. The first kappa shape index (κ1) is 14.9. The molecule has 20 heavy (non-hydrogen) atoms. The highest BCUT2D eigenvalue weighted by atomic mass is 16.5. The average molecular weight is 276 g/mol. The summed E-state index contributed by atoms with van der Waals surface area (Å²) in [6, 6.07) is 5.51. The predicted molar refractivity (Wildman–Crippen MR) is 79.7 cm³/mol. The minimum absolute atomic E-state index is 0.141. The summed E-state index contributed by atoms with van der Waals surface area (Å²) in [5, 5.41) is 0. The summed E-state index contributed by atoms with van der Waals surface area (Å²) in [7, 11) is 0. The van der Waals surface area contributed by atoms with Crippen molar-refractivity contribution in [2.45, 2.75) is 52.6 Å². The standard InChI is InChI=1S/C17H24O3/c1-5-6-12(2)11-19-13-7-8-14-15(18)10-17(3,4)20-16(14)9-13/h7-9,12H,5-6,10-11H2,1-4H3. The fourth-order valence-corrected chi connectivity index (χ4v) is 2.54. The van der Waals surface area contributed by atoms with Gasteiger partial charge in [-0.05, 0) is 38.3 Å². The van der Waals surface area contributed by atoms with Gasteiger partial charge in [-0.2, -0.15) is 0 Å². The van der Waals surface area contributed by atoms with Crippen LogP contribution in [0.5, 0.6) is 11.5 Å². The van der Waals surface area contributed by atoms with Crippen LogP contribution in [-0.4, -0.2) is 18.0 Å². The Kier molecular flexibility index (Phi) is 4.36. The number of carbonyl (C=O) groups is 1. The molecule has 1 unspecified atom stereocenters. The van der Waals surface area contributed by atoms with Crippen molar-refractivity contribution in [3.05, 3.63) is 23.8 Å². The third-order valence-electron chi connectivity index (χ3n) is 3.54. The van der Waals surface area contributed by atoms with Gasteiger partial charge in [-0.15, -0.1) is 0 Å². The molecular weight excluding hydrogens is 252 g/mol. The number of carbonyl (C=O) groups excluding carboxylic acids is 1. The number of ketones is 1. The number of benzene rings is 1. The average Bonchev–Trinajstić information content (AvgIpc) is 2.34. The van der Waals surface area contributed by atoms with Gasteiger partial charge in [0.05, 0.1) is 18.6 Å². The quantitative estimate of drug-likeness (QED) is 0.806. The van der Waals surface area contributed by atoms with Crippen LogP contribution in [0.3, 0.4) is 0 Å². The molecule has 1 heterocycles.